The molecule has 0 saturated carbocycles. The fourth-order valence-corrected chi connectivity index (χ4v) is 1.01. The molecule has 3 heteroatoms. The number of nitriles is 2. The second-order valence-electron chi connectivity index (χ2n) is 2.74. The van der Waals surface area contributed by atoms with Gasteiger partial charge < -0.3 is 4.74 Å². The Balaban J connectivity index is 2.48. The van der Waals surface area contributed by atoms with Crippen molar-refractivity contribution in [1.29, 1.82) is 10.5 Å². The van der Waals surface area contributed by atoms with E-state index in [1.165, 1.54) is 0 Å². The number of rotatable bonds is 4. The van der Waals surface area contributed by atoms with Gasteiger partial charge in [0.2, 0.25) is 0 Å². The molecule has 3 nitrogen and oxygen atoms in total. The minimum Gasteiger partial charge on any atom is -0.493 e. The molecular formula is C11H10N2O. The summed E-state index contributed by atoms with van der Waals surface area (Å²) in [6.45, 7) is 0.411. The summed E-state index contributed by atoms with van der Waals surface area (Å²) in [6, 6.07) is 11.4. The standard InChI is InChI=1S/C11H10N2O/c12-7-1-9-14-11-4-2-10(3-5-11)6-8-13/h2-5H,1,6,9H2. The van der Waals surface area contributed by atoms with Crippen LogP contribution in [0.25, 0.3) is 0 Å². The quantitative estimate of drug-likeness (QED) is 0.676. The molecule has 0 fully saturated rings. The van der Waals surface area contributed by atoms with Crippen molar-refractivity contribution in [2.75, 3.05) is 6.61 Å². The Bertz CT molecular complexity index is 356. The third kappa shape index (κ3) is 3.16. The highest BCUT2D eigenvalue weighted by molar-refractivity contribution is 5.28. The Hall–Kier alpha value is -2.00. The van der Waals surface area contributed by atoms with Gasteiger partial charge in [-0.05, 0) is 17.7 Å². The zero-order chi connectivity index (χ0) is 10.2. The maximum atomic E-state index is 8.45. The lowest BCUT2D eigenvalue weighted by Crippen LogP contribution is -1.95. The lowest BCUT2D eigenvalue weighted by molar-refractivity contribution is 0.326. The zero-order valence-corrected chi connectivity index (χ0v) is 7.73. The van der Waals surface area contributed by atoms with E-state index in [9.17, 15) is 0 Å². The minimum atomic E-state index is 0.389. The highest BCUT2D eigenvalue weighted by Gasteiger charge is 1.94. The molecule has 70 valence electrons. The normalized spacial score (nSPS) is 8.71. The predicted octanol–water partition coefficient (Wildman–Crippen LogP) is 2.05. The van der Waals surface area contributed by atoms with Crippen LogP contribution in [0.3, 0.4) is 0 Å². The molecule has 14 heavy (non-hydrogen) atoms. The van der Waals surface area contributed by atoms with Crippen LogP contribution in [0.15, 0.2) is 24.3 Å². The van der Waals surface area contributed by atoms with Crippen molar-refractivity contribution < 1.29 is 4.74 Å². The fourth-order valence-electron chi connectivity index (χ4n) is 1.01. The second-order valence-corrected chi connectivity index (χ2v) is 2.74. The van der Waals surface area contributed by atoms with Crippen molar-refractivity contribution in [2.24, 2.45) is 0 Å². The Kier molecular flexibility index (Phi) is 4.04. The van der Waals surface area contributed by atoms with Crippen molar-refractivity contribution in [1.82, 2.24) is 0 Å². The van der Waals surface area contributed by atoms with Gasteiger partial charge in [-0.1, -0.05) is 12.1 Å². The molecule has 0 aliphatic rings. The summed E-state index contributed by atoms with van der Waals surface area (Å²) in [5.74, 6) is 0.738. The molecule has 0 radical (unpaired) electrons. The van der Waals surface area contributed by atoms with E-state index in [0.29, 0.717) is 19.4 Å². The third-order valence-electron chi connectivity index (χ3n) is 1.69. The maximum Gasteiger partial charge on any atom is 0.119 e. The Labute approximate surface area is 83.2 Å². The molecule has 0 aliphatic carbocycles. The molecule has 1 rings (SSSR count). The number of hydrogen-bond acceptors (Lipinski definition) is 3. The van der Waals surface area contributed by atoms with Gasteiger partial charge in [-0.15, -0.1) is 0 Å². The lowest BCUT2D eigenvalue weighted by atomic mass is 10.2. The first kappa shape index (κ1) is 10.1. The molecular weight excluding hydrogens is 176 g/mol. The van der Waals surface area contributed by atoms with Gasteiger partial charge in [0.05, 0.1) is 25.0 Å². The van der Waals surface area contributed by atoms with Crippen LogP contribution in [0.5, 0.6) is 5.75 Å². The van der Waals surface area contributed by atoms with Gasteiger partial charge in [-0.3, -0.25) is 0 Å². The van der Waals surface area contributed by atoms with Gasteiger partial charge in [0.25, 0.3) is 0 Å². The number of benzene rings is 1. The highest BCUT2D eigenvalue weighted by atomic mass is 16.5. The minimum absolute atomic E-state index is 0.389. The molecule has 0 heterocycles. The van der Waals surface area contributed by atoms with E-state index >= 15 is 0 Å². The molecule has 0 spiro atoms. The summed E-state index contributed by atoms with van der Waals surface area (Å²) in [6.07, 6.45) is 0.804. The third-order valence-corrected chi connectivity index (χ3v) is 1.69. The Morgan fingerprint density at radius 1 is 1.07 bits per heavy atom. The van der Waals surface area contributed by atoms with Crippen molar-refractivity contribution in [2.45, 2.75) is 12.8 Å². The maximum absolute atomic E-state index is 8.45. The Morgan fingerprint density at radius 3 is 2.36 bits per heavy atom. The molecule has 0 bridgehead atoms. The number of ether oxygens (including phenoxy) is 1. The molecule has 0 aromatic heterocycles. The second kappa shape index (κ2) is 5.61. The molecule has 0 atom stereocenters. The van der Waals surface area contributed by atoms with E-state index in [1.54, 1.807) is 0 Å². The summed E-state index contributed by atoms with van der Waals surface area (Å²) < 4.78 is 5.27. The summed E-state index contributed by atoms with van der Waals surface area (Å²) in [4.78, 5) is 0. The SMILES string of the molecule is N#CCCOc1ccc(CC#N)cc1. The van der Waals surface area contributed by atoms with Gasteiger partial charge in [0.15, 0.2) is 0 Å². The van der Waals surface area contributed by atoms with Crippen LogP contribution in [-0.2, 0) is 6.42 Å². The average molecular weight is 186 g/mol. The van der Waals surface area contributed by atoms with Crippen molar-refractivity contribution in [3.8, 4) is 17.9 Å². The molecule has 0 aliphatic heterocycles. The molecule has 1 aromatic carbocycles. The van der Waals surface area contributed by atoms with Crippen LogP contribution in [-0.4, -0.2) is 6.61 Å². The van der Waals surface area contributed by atoms with Crippen molar-refractivity contribution in [3.63, 3.8) is 0 Å². The van der Waals surface area contributed by atoms with Crippen molar-refractivity contribution in [3.05, 3.63) is 29.8 Å². The number of nitrogens with zero attached hydrogens (tertiary/aromatic N) is 2. The van der Waals surface area contributed by atoms with Crippen LogP contribution < -0.4 is 4.74 Å². The van der Waals surface area contributed by atoms with Gasteiger partial charge in [0, 0.05) is 0 Å². The average Bonchev–Trinajstić information content (AvgIpc) is 2.21. The topological polar surface area (TPSA) is 56.8 Å². The molecule has 1 aromatic rings. The number of hydrogen-bond donors (Lipinski definition) is 0. The molecule has 0 saturated heterocycles. The largest absolute Gasteiger partial charge is 0.493 e. The molecule has 0 unspecified atom stereocenters. The van der Waals surface area contributed by atoms with E-state index in [4.69, 9.17) is 15.3 Å². The lowest BCUT2D eigenvalue weighted by Gasteiger charge is -2.03. The van der Waals surface area contributed by atoms with E-state index in [-0.39, 0.29) is 0 Å². The summed E-state index contributed by atoms with van der Waals surface area (Å²) in [7, 11) is 0. The highest BCUT2D eigenvalue weighted by Crippen LogP contribution is 2.12. The zero-order valence-electron chi connectivity index (χ0n) is 7.73. The summed E-state index contributed by atoms with van der Waals surface area (Å²) >= 11 is 0. The van der Waals surface area contributed by atoms with Gasteiger partial charge in [-0.25, -0.2) is 0 Å². The van der Waals surface area contributed by atoms with Crippen LogP contribution >= 0.6 is 0 Å². The molecule has 0 N–H and O–H groups in total. The van der Waals surface area contributed by atoms with Gasteiger partial charge in [-0.2, -0.15) is 10.5 Å². The summed E-state index contributed by atoms with van der Waals surface area (Å²) in [5.41, 5.74) is 0.972. The van der Waals surface area contributed by atoms with Gasteiger partial charge in [0.1, 0.15) is 12.4 Å². The fraction of sp³-hybridized carbons (Fsp3) is 0.273. The first-order valence-electron chi connectivity index (χ1n) is 4.32. The van der Waals surface area contributed by atoms with Crippen molar-refractivity contribution >= 4 is 0 Å². The van der Waals surface area contributed by atoms with E-state index < -0.39 is 0 Å². The van der Waals surface area contributed by atoms with E-state index in [0.717, 1.165) is 11.3 Å². The van der Waals surface area contributed by atoms with E-state index in [1.807, 2.05) is 30.3 Å². The summed E-state index contributed by atoms with van der Waals surface area (Å²) in [5, 5.41) is 16.7. The smallest absolute Gasteiger partial charge is 0.119 e. The molecule has 0 amide bonds. The van der Waals surface area contributed by atoms with Crippen LogP contribution in [0.1, 0.15) is 12.0 Å². The first-order valence-corrected chi connectivity index (χ1v) is 4.32. The predicted molar refractivity (Wildman–Crippen MR) is 51.5 cm³/mol. The van der Waals surface area contributed by atoms with Crippen LogP contribution in [0.4, 0.5) is 0 Å². The Morgan fingerprint density at radius 2 is 1.79 bits per heavy atom. The van der Waals surface area contributed by atoms with E-state index in [2.05, 4.69) is 6.07 Å². The van der Waals surface area contributed by atoms with Gasteiger partial charge >= 0.3 is 0 Å². The monoisotopic (exact) mass is 186 g/mol. The first-order chi connectivity index (χ1) is 6.86. The van der Waals surface area contributed by atoms with Crippen LogP contribution in [0.2, 0.25) is 0 Å². The van der Waals surface area contributed by atoms with Crippen LogP contribution in [0, 0.1) is 22.7 Å².